The van der Waals surface area contributed by atoms with Gasteiger partial charge in [-0.15, -0.1) is 0 Å². The molecule has 17 heavy (non-hydrogen) atoms. The molecule has 1 unspecified atom stereocenters. The summed E-state index contributed by atoms with van der Waals surface area (Å²) in [5.41, 5.74) is 5.75. The molecule has 0 aliphatic carbocycles. The molecule has 96 valence electrons. The molecule has 0 spiro atoms. The summed E-state index contributed by atoms with van der Waals surface area (Å²) in [7, 11) is 0. The Bertz CT molecular complexity index is 405. The Morgan fingerprint density at radius 1 is 1.71 bits per heavy atom. The summed E-state index contributed by atoms with van der Waals surface area (Å²) in [5, 5.41) is 0. The zero-order valence-electron chi connectivity index (χ0n) is 9.26. The fraction of sp³-hybridized carbons (Fsp3) is 0.444. The highest BCUT2D eigenvalue weighted by Crippen LogP contribution is 2.29. The van der Waals surface area contributed by atoms with Gasteiger partial charge in [-0.2, -0.15) is 0 Å². The number of anilines is 1. The molecular weight excluding hydrogens is 310 g/mol. The van der Waals surface area contributed by atoms with Gasteiger partial charge >= 0.3 is 0 Å². The molecule has 1 rings (SSSR count). The van der Waals surface area contributed by atoms with Gasteiger partial charge in [0, 0.05) is 35.0 Å². The van der Waals surface area contributed by atoms with Crippen molar-refractivity contribution in [1.82, 2.24) is 4.98 Å². The SMILES string of the molecule is CCOc1ncc(Br)cc1N(CCN)S(=O)[O-]. The Labute approximate surface area is 111 Å². The third kappa shape index (κ3) is 3.91. The third-order valence-electron chi connectivity index (χ3n) is 1.86. The molecule has 0 saturated heterocycles. The van der Waals surface area contributed by atoms with Gasteiger partial charge < -0.3 is 15.0 Å². The molecule has 1 aromatic rings. The number of halogens is 1. The lowest BCUT2D eigenvalue weighted by Gasteiger charge is -2.26. The minimum absolute atomic E-state index is 0.175. The smallest absolute Gasteiger partial charge is 0.238 e. The van der Waals surface area contributed by atoms with Crippen molar-refractivity contribution >= 4 is 32.9 Å². The van der Waals surface area contributed by atoms with Gasteiger partial charge in [0.25, 0.3) is 0 Å². The first-order chi connectivity index (χ1) is 8.10. The number of nitrogens with zero attached hydrogens (tertiary/aromatic N) is 2. The Hall–Kier alpha value is -0.700. The lowest BCUT2D eigenvalue weighted by molar-refractivity contribution is 0.327. The van der Waals surface area contributed by atoms with E-state index in [-0.39, 0.29) is 19.0 Å². The number of rotatable bonds is 6. The van der Waals surface area contributed by atoms with Crippen molar-refractivity contribution in [1.29, 1.82) is 0 Å². The van der Waals surface area contributed by atoms with Gasteiger partial charge in [-0.25, -0.2) is 4.98 Å². The number of hydrogen-bond donors (Lipinski definition) is 1. The van der Waals surface area contributed by atoms with Gasteiger partial charge in [0.1, 0.15) is 5.69 Å². The highest BCUT2D eigenvalue weighted by atomic mass is 79.9. The average Bonchev–Trinajstić information content (AvgIpc) is 2.28. The highest BCUT2D eigenvalue weighted by Gasteiger charge is 2.14. The third-order valence-corrected chi connectivity index (χ3v) is 3.03. The van der Waals surface area contributed by atoms with Gasteiger partial charge in [0.2, 0.25) is 5.88 Å². The maximum Gasteiger partial charge on any atom is 0.238 e. The first-order valence-electron chi connectivity index (χ1n) is 4.95. The summed E-state index contributed by atoms with van der Waals surface area (Å²) in [4.78, 5) is 4.03. The molecule has 1 heterocycles. The molecule has 1 aromatic heterocycles. The van der Waals surface area contributed by atoms with Crippen LogP contribution in [0.1, 0.15) is 6.92 Å². The van der Waals surface area contributed by atoms with Gasteiger partial charge in [-0.1, -0.05) is 0 Å². The minimum atomic E-state index is -2.41. The van der Waals surface area contributed by atoms with Crippen LogP contribution < -0.4 is 14.8 Å². The predicted molar refractivity (Wildman–Crippen MR) is 68.4 cm³/mol. The Morgan fingerprint density at radius 3 is 2.94 bits per heavy atom. The number of hydrogen-bond acceptors (Lipinski definition) is 5. The van der Waals surface area contributed by atoms with Crippen LogP contribution in [0.15, 0.2) is 16.7 Å². The molecule has 0 aliphatic heterocycles. The van der Waals surface area contributed by atoms with Gasteiger partial charge in [0.05, 0.1) is 6.61 Å². The van der Waals surface area contributed by atoms with Crippen LogP contribution in [-0.4, -0.2) is 33.4 Å². The van der Waals surface area contributed by atoms with E-state index in [1.807, 2.05) is 0 Å². The minimum Gasteiger partial charge on any atom is -0.755 e. The van der Waals surface area contributed by atoms with E-state index in [1.165, 1.54) is 0 Å². The number of ether oxygens (including phenoxy) is 1. The van der Waals surface area contributed by atoms with Crippen LogP contribution in [0.3, 0.4) is 0 Å². The van der Waals surface area contributed by atoms with E-state index in [9.17, 15) is 8.76 Å². The van der Waals surface area contributed by atoms with Gasteiger partial charge in [-0.3, -0.25) is 8.51 Å². The van der Waals surface area contributed by atoms with E-state index < -0.39 is 11.3 Å². The van der Waals surface area contributed by atoms with E-state index in [1.54, 1.807) is 19.2 Å². The lowest BCUT2D eigenvalue weighted by atomic mass is 10.4. The maximum atomic E-state index is 11.1. The molecule has 0 bridgehead atoms. The lowest BCUT2D eigenvalue weighted by Crippen LogP contribution is -2.31. The average molecular weight is 323 g/mol. The van der Waals surface area contributed by atoms with Crippen LogP contribution in [0, 0.1) is 0 Å². The van der Waals surface area contributed by atoms with Crippen LogP contribution in [0.25, 0.3) is 0 Å². The van der Waals surface area contributed by atoms with Crippen molar-refractivity contribution in [2.24, 2.45) is 5.73 Å². The second-order valence-electron chi connectivity index (χ2n) is 3.02. The fourth-order valence-corrected chi connectivity index (χ4v) is 2.10. The second kappa shape index (κ2) is 6.90. The first kappa shape index (κ1) is 14.4. The van der Waals surface area contributed by atoms with Crippen LogP contribution in [0.5, 0.6) is 5.88 Å². The van der Waals surface area contributed by atoms with Gasteiger partial charge in [-0.05, 0) is 28.9 Å². The van der Waals surface area contributed by atoms with Gasteiger partial charge in [0.15, 0.2) is 0 Å². The van der Waals surface area contributed by atoms with E-state index in [0.29, 0.717) is 16.8 Å². The number of aromatic nitrogens is 1. The Kier molecular flexibility index (Phi) is 5.83. The molecule has 6 nitrogen and oxygen atoms in total. The molecule has 0 radical (unpaired) electrons. The standard InChI is InChI=1S/C9H14BrN3O3S/c1-2-16-9-8(5-7(10)6-12-9)13(4-3-11)17(14)15/h5-6H,2-4,11H2,1H3,(H,14,15)/p-1. The van der Waals surface area contributed by atoms with E-state index >= 15 is 0 Å². The van der Waals surface area contributed by atoms with E-state index in [4.69, 9.17) is 10.5 Å². The van der Waals surface area contributed by atoms with E-state index in [2.05, 4.69) is 20.9 Å². The summed E-state index contributed by atoms with van der Waals surface area (Å²) in [5.74, 6) is 0.272. The number of pyridine rings is 1. The summed E-state index contributed by atoms with van der Waals surface area (Å²) < 4.78 is 29.3. The largest absolute Gasteiger partial charge is 0.755 e. The van der Waals surface area contributed by atoms with Crippen molar-refractivity contribution in [3.05, 3.63) is 16.7 Å². The zero-order valence-corrected chi connectivity index (χ0v) is 11.7. The molecule has 8 heteroatoms. The van der Waals surface area contributed by atoms with E-state index in [0.717, 1.165) is 4.31 Å². The summed E-state index contributed by atoms with van der Waals surface area (Å²) in [6, 6.07) is 1.63. The molecule has 0 aromatic carbocycles. The van der Waals surface area contributed by atoms with Crippen molar-refractivity contribution in [2.75, 3.05) is 24.0 Å². The highest BCUT2D eigenvalue weighted by molar-refractivity contribution is 9.10. The molecule has 0 amide bonds. The number of nitrogens with two attached hydrogens (primary N) is 1. The van der Waals surface area contributed by atoms with Crippen molar-refractivity contribution < 1.29 is 13.5 Å². The van der Waals surface area contributed by atoms with Crippen LogP contribution in [-0.2, 0) is 11.3 Å². The molecule has 0 aliphatic rings. The molecule has 1 atom stereocenters. The second-order valence-corrected chi connectivity index (χ2v) is 4.81. The van der Waals surface area contributed by atoms with Crippen LogP contribution in [0.4, 0.5) is 5.69 Å². The summed E-state index contributed by atoms with van der Waals surface area (Å²) >= 11 is 0.825. The quantitative estimate of drug-likeness (QED) is 0.782. The monoisotopic (exact) mass is 322 g/mol. The normalized spacial score (nSPS) is 12.2. The summed E-state index contributed by atoms with van der Waals surface area (Å²) in [6.07, 6.45) is 1.54. The molecule has 2 N–H and O–H groups in total. The predicted octanol–water partition coefficient (Wildman–Crippen LogP) is 0.802. The maximum absolute atomic E-state index is 11.1. The van der Waals surface area contributed by atoms with Crippen molar-refractivity contribution in [2.45, 2.75) is 6.92 Å². The zero-order chi connectivity index (χ0) is 12.8. The Balaban J connectivity index is 3.14. The molecule has 0 saturated carbocycles. The van der Waals surface area contributed by atoms with Crippen LogP contribution in [0.2, 0.25) is 0 Å². The molecular formula is C9H13BrN3O3S-. The van der Waals surface area contributed by atoms with Crippen LogP contribution >= 0.6 is 15.9 Å². The fourth-order valence-electron chi connectivity index (χ4n) is 1.24. The molecule has 0 fully saturated rings. The first-order valence-corrected chi connectivity index (χ1v) is 6.78. The van der Waals surface area contributed by atoms with Crippen molar-refractivity contribution in [3.63, 3.8) is 0 Å². The topological polar surface area (TPSA) is 91.5 Å². The Morgan fingerprint density at radius 2 is 2.41 bits per heavy atom. The summed E-state index contributed by atoms with van der Waals surface area (Å²) in [6.45, 7) is 2.60. The van der Waals surface area contributed by atoms with Crippen molar-refractivity contribution in [3.8, 4) is 5.88 Å².